The van der Waals surface area contributed by atoms with Crippen LogP contribution in [0.1, 0.15) is 10.4 Å². The highest BCUT2D eigenvalue weighted by atomic mass is 127. The molecular weight excluding hydrogens is 393 g/mol. The van der Waals surface area contributed by atoms with Crippen LogP contribution in [-0.2, 0) is 0 Å². The Hall–Kier alpha value is -1.61. The van der Waals surface area contributed by atoms with Crippen LogP contribution >= 0.6 is 34.4 Å². The van der Waals surface area contributed by atoms with E-state index in [1.807, 2.05) is 24.3 Å². The van der Waals surface area contributed by atoms with Gasteiger partial charge in [0.1, 0.15) is 5.56 Å². The Labute approximate surface area is 132 Å². The van der Waals surface area contributed by atoms with Crippen molar-refractivity contribution < 1.29 is 14.8 Å². The van der Waals surface area contributed by atoms with E-state index >= 15 is 0 Å². The zero-order chi connectivity index (χ0) is 14.7. The van der Waals surface area contributed by atoms with Crippen LogP contribution in [0.25, 0.3) is 0 Å². The molecule has 2 aromatic carbocycles. The van der Waals surface area contributed by atoms with Crippen molar-refractivity contribution in [2.24, 2.45) is 0 Å². The Morgan fingerprint density at radius 2 is 1.75 bits per heavy atom. The van der Waals surface area contributed by atoms with E-state index in [1.165, 1.54) is 23.9 Å². The number of carbonyl (C=O) groups is 1. The number of nitrogens with zero attached hydrogens (tertiary/aromatic N) is 1. The number of hydrogen-bond acceptors (Lipinski definition) is 4. The van der Waals surface area contributed by atoms with Crippen LogP contribution in [0.3, 0.4) is 0 Å². The van der Waals surface area contributed by atoms with E-state index in [2.05, 4.69) is 22.6 Å². The number of hydrogen-bond donors (Lipinski definition) is 1. The van der Waals surface area contributed by atoms with Gasteiger partial charge in [-0.05, 0) is 59.0 Å². The minimum atomic E-state index is -1.30. The molecule has 7 heteroatoms. The van der Waals surface area contributed by atoms with Crippen molar-refractivity contribution in [1.29, 1.82) is 0 Å². The maximum atomic E-state index is 11.1. The van der Waals surface area contributed by atoms with Crippen molar-refractivity contribution in [1.82, 2.24) is 0 Å². The summed E-state index contributed by atoms with van der Waals surface area (Å²) < 4.78 is 1.10. The third-order valence-corrected chi connectivity index (χ3v) is 4.16. The average molecular weight is 401 g/mol. The van der Waals surface area contributed by atoms with Gasteiger partial charge < -0.3 is 5.11 Å². The first-order valence-corrected chi connectivity index (χ1v) is 7.32. The van der Waals surface area contributed by atoms with E-state index in [0.717, 1.165) is 8.47 Å². The van der Waals surface area contributed by atoms with Gasteiger partial charge in [0.15, 0.2) is 0 Å². The molecule has 0 heterocycles. The lowest BCUT2D eigenvalue weighted by Crippen LogP contribution is -2.02. The van der Waals surface area contributed by atoms with Crippen molar-refractivity contribution in [2.75, 3.05) is 0 Å². The molecule has 20 heavy (non-hydrogen) atoms. The topological polar surface area (TPSA) is 80.4 Å². The van der Waals surface area contributed by atoms with Gasteiger partial charge in [0.05, 0.1) is 4.92 Å². The molecule has 2 aromatic rings. The van der Waals surface area contributed by atoms with Gasteiger partial charge >= 0.3 is 5.97 Å². The normalized spacial score (nSPS) is 10.2. The van der Waals surface area contributed by atoms with Crippen LogP contribution < -0.4 is 0 Å². The van der Waals surface area contributed by atoms with Crippen molar-refractivity contribution >= 4 is 46.0 Å². The summed E-state index contributed by atoms with van der Waals surface area (Å²) >= 11 is 3.55. The van der Waals surface area contributed by atoms with E-state index < -0.39 is 16.6 Å². The van der Waals surface area contributed by atoms with Crippen LogP contribution in [0.2, 0.25) is 0 Å². The Morgan fingerprint density at radius 3 is 2.30 bits per heavy atom. The number of nitro groups is 1. The highest BCUT2D eigenvalue weighted by molar-refractivity contribution is 14.1. The first-order chi connectivity index (χ1) is 9.47. The zero-order valence-corrected chi connectivity index (χ0v) is 12.9. The molecule has 0 radical (unpaired) electrons. The maximum Gasteiger partial charge on any atom is 0.342 e. The van der Waals surface area contributed by atoms with Gasteiger partial charge in [-0.25, -0.2) is 4.79 Å². The first-order valence-electron chi connectivity index (χ1n) is 5.42. The Morgan fingerprint density at radius 1 is 1.15 bits per heavy atom. The summed E-state index contributed by atoms with van der Waals surface area (Å²) in [5.74, 6) is -1.30. The monoisotopic (exact) mass is 401 g/mol. The van der Waals surface area contributed by atoms with E-state index in [0.29, 0.717) is 4.90 Å². The second-order valence-corrected chi connectivity index (χ2v) is 6.19. The zero-order valence-electron chi connectivity index (χ0n) is 9.95. The molecule has 0 aliphatic heterocycles. The van der Waals surface area contributed by atoms with Crippen LogP contribution in [0.4, 0.5) is 5.69 Å². The highest BCUT2D eigenvalue weighted by Gasteiger charge is 2.20. The Balaban J connectivity index is 2.34. The van der Waals surface area contributed by atoms with Crippen molar-refractivity contribution in [2.45, 2.75) is 9.79 Å². The maximum absolute atomic E-state index is 11.1. The lowest BCUT2D eigenvalue weighted by Gasteiger charge is -2.04. The molecule has 102 valence electrons. The standard InChI is InChI=1S/C13H8INO4S/c14-8-1-3-9(4-2-8)20-10-5-6-12(15(18)19)11(7-10)13(16)17/h1-7H,(H,16,17). The number of aromatic carboxylic acids is 1. The van der Waals surface area contributed by atoms with E-state index in [1.54, 1.807) is 6.07 Å². The van der Waals surface area contributed by atoms with Gasteiger partial charge in [0.2, 0.25) is 0 Å². The molecule has 0 fully saturated rings. The molecular formula is C13H8INO4S. The second-order valence-electron chi connectivity index (χ2n) is 3.80. The Bertz CT molecular complexity index is 673. The van der Waals surface area contributed by atoms with E-state index in [9.17, 15) is 14.9 Å². The fraction of sp³-hybridized carbons (Fsp3) is 0. The van der Waals surface area contributed by atoms with Gasteiger partial charge in [0.25, 0.3) is 5.69 Å². The average Bonchev–Trinajstić information content (AvgIpc) is 2.41. The Kier molecular flexibility index (Phi) is 4.61. The molecule has 1 N–H and O–H groups in total. The van der Waals surface area contributed by atoms with Crippen LogP contribution in [-0.4, -0.2) is 16.0 Å². The number of carboxylic acid groups (broad SMARTS) is 1. The summed E-state index contributed by atoms with van der Waals surface area (Å²) in [7, 11) is 0. The number of rotatable bonds is 4. The minimum absolute atomic E-state index is 0.300. The van der Waals surface area contributed by atoms with Crippen molar-refractivity contribution in [3.05, 3.63) is 61.7 Å². The number of benzene rings is 2. The summed E-state index contributed by atoms with van der Waals surface area (Å²) in [6, 6.07) is 11.8. The summed E-state index contributed by atoms with van der Waals surface area (Å²) in [6.45, 7) is 0. The molecule has 0 aliphatic rings. The fourth-order valence-corrected chi connectivity index (χ4v) is 2.76. The van der Waals surface area contributed by atoms with Crippen molar-refractivity contribution in [3.63, 3.8) is 0 Å². The molecule has 0 aromatic heterocycles. The van der Waals surface area contributed by atoms with Gasteiger partial charge in [-0.2, -0.15) is 0 Å². The molecule has 0 saturated heterocycles. The predicted octanol–water partition coefficient (Wildman–Crippen LogP) is 4.05. The summed E-state index contributed by atoms with van der Waals surface area (Å²) in [5.41, 5.74) is -0.699. The predicted molar refractivity (Wildman–Crippen MR) is 83.3 cm³/mol. The summed E-state index contributed by atoms with van der Waals surface area (Å²) in [6.07, 6.45) is 0. The van der Waals surface area contributed by atoms with Gasteiger partial charge in [-0.3, -0.25) is 10.1 Å². The minimum Gasteiger partial charge on any atom is -0.477 e. The third kappa shape index (κ3) is 3.48. The van der Waals surface area contributed by atoms with Crippen LogP contribution in [0, 0.1) is 13.7 Å². The van der Waals surface area contributed by atoms with Gasteiger partial charge in [0, 0.05) is 19.4 Å². The lowest BCUT2D eigenvalue weighted by molar-refractivity contribution is -0.385. The molecule has 5 nitrogen and oxygen atoms in total. The summed E-state index contributed by atoms with van der Waals surface area (Å²) in [5, 5.41) is 19.8. The first kappa shape index (κ1) is 14.8. The highest BCUT2D eigenvalue weighted by Crippen LogP contribution is 2.31. The molecule has 0 spiro atoms. The fourth-order valence-electron chi connectivity index (χ4n) is 1.55. The van der Waals surface area contributed by atoms with Gasteiger partial charge in [-0.15, -0.1) is 0 Å². The molecule has 2 rings (SSSR count). The number of carboxylic acids is 1. The molecule has 0 unspecified atom stereocenters. The quantitative estimate of drug-likeness (QED) is 0.475. The molecule has 0 aliphatic carbocycles. The van der Waals surface area contributed by atoms with Gasteiger partial charge in [-0.1, -0.05) is 11.8 Å². The van der Waals surface area contributed by atoms with Crippen LogP contribution in [0.5, 0.6) is 0 Å². The lowest BCUT2D eigenvalue weighted by atomic mass is 10.2. The molecule has 0 atom stereocenters. The van der Waals surface area contributed by atoms with E-state index in [4.69, 9.17) is 5.11 Å². The van der Waals surface area contributed by atoms with Crippen LogP contribution in [0.15, 0.2) is 52.3 Å². The smallest absolute Gasteiger partial charge is 0.342 e. The number of nitro benzene ring substituents is 1. The summed E-state index contributed by atoms with van der Waals surface area (Å²) in [4.78, 5) is 22.7. The molecule has 0 saturated carbocycles. The van der Waals surface area contributed by atoms with E-state index in [-0.39, 0.29) is 5.56 Å². The largest absolute Gasteiger partial charge is 0.477 e. The number of halogens is 1. The third-order valence-electron chi connectivity index (χ3n) is 2.44. The van der Waals surface area contributed by atoms with Crippen molar-refractivity contribution in [3.8, 4) is 0 Å². The second kappa shape index (κ2) is 6.23. The molecule has 0 amide bonds. The SMILES string of the molecule is O=C(O)c1cc(Sc2ccc(I)cc2)ccc1[N+](=O)[O-]. The molecule has 0 bridgehead atoms.